The predicted molar refractivity (Wildman–Crippen MR) is 78.2 cm³/mol. The zero-order chi connectivity index (χ0) is 15.5. The normalized spacial score (nSPS) is 10.5. The molecule has 0 aliphatic carbocycles. The number of imidazole rings is 1. The Labute approximate surface area is 125 Å². The highest BCUT2D eigenvalue weighted by molar-refractivity contribution is 6.02. The van der Waals surface area contributed by atoms with E-state index in [2.05, 4.69) is 20.5 Å². The fraction of sp³-hybridized carbons (Fsp3) is 0.0667. The monoisotopic (exact) mass is 297 g/mol. The standard InChI is InChI=1S/C15H12FN5O/c1-10-2-3-11(8-12(10)16)18-15(22)13-4-5-14(20-19-13)21-7-6-17-9-21/h2-9H,1H3,(H,18,22). The Morgan fingerprint density at radius 2 is 2.09 bits per heavy atom. The molecule has 0 radical (unpaired) electrons. The van der Waals surface area contributed by atoms with Gasteiger partial charge in [0.1, 0.15) is 12.1 Å². The quantitative estimate of drug-likeness (QED) is 0.805. The first-order chi connectivity index (χ1) is 10.6. The topological polar surface area (TPSA) is 72.7 Å². The highest BCUT2D eigenvalue weighted by Crippen LogP contribution is 2.14. The highest BCUT2D eigenvalue weighted by Gasteiger charge is 2.10. The Bertz CT molecular complexity index is 799. The van der Waals surface area contributed by atoms with Gasteiger partial charge in [-0.1, -0.05) is 6.07 Å². The van der Waals surface area contributed by atoms with Gasteiger partial charge in [0.2, 0.25) is 0 Å². The van der Waals surface area contributed by atoms with Gasteiger partial charge in [0.25, 0.3) is 5.91 Å². The summed E-state index contributed by atoms with van der Waals surface area (Å²) in [5.74, 6) is -0.275. The predicted octanol–water partition coefficient (Wildman–Crippen LogP) is 2.36. The second-order valence-corrected chi connectivity index (χ2v) is 4.66. The summed E-state index contributed by atoms with van der Waals surface area (Å²) in [5, 5.41) is 10.4. The number of hydrogen-bond acceptors (Lipinski definition) is 4. The largest absolute Gasteiger partial charge is 0.320 e. The summed E-state index contributed by atoms with van der Waals surface area (Å²) in [4.78, 5) is 16.0. The van der Waals surface area contributed by atoms with Crippen molar-refractivity contribution < 1.29 is 9.18 Å². The third-order valence-electron chi connectivity index (χ3n) is 3.08. The number of amides is 1. The van der Waals surface area contributed by atoms with Crippen LogP contribution in [0.2, 0.25) is 0 Å². The van der Waals surface area contributed by atoms with Gasteiger partial charge in [-0.2, -0.15) is 0 Å². The van der Waals surface area contributed by atoms with E-state index in [1.165, 1.54) is 6.07 Å². The molecule has 0 atom stereocenters. The molecule has 2 heterocycles. The van der Waals surface area contributed by atoms with E-state index >= 15 is 0 Å². The van der Waals surface area contributed by atoms with Crippen LogP contribution < -0.4 is 5.32 Å². The second kappa shape index (κ2) is 5.72. The second-order valence-electron chi connectivity index (χ2n) is 4.66. The van der Waals surface area contributed by atoms with Crippen LogP contribution in [0.5, 0.6) is 0 Å². The van der Waals surface area contributed by atoms with E-state index in [1.54, 1.807) is 54.5 Å². The van der Waals surface area contributed by atoms with Gasteiger partial charge in [-0.15, -0.1) is 10.2 Å². The number of rotatable bonds is 3. The van der Waals surface area contributed by atoms with Crippen LogP contribution in [0.3, 0.4) is 0 Å². The van der Waals surface area contributed by atoms with Crippen LogP contribution in [0.1, 0.15) is 16.1 Å². The lowest BCUT2D eigenvalue weighted by atomic mass is 10.2. The molecule has 0 bridgehead atoms. The molecule has 22 heavy (non-hydrogen) atoms. The molecule has 6 nitrogen and oxygen atoms in total. The SMILES string of the molecule is Cc1ccc(NC(=O)c2ccc(-n3ccnc3)nn2)cc1F. The van der Waals surface area contributed by atoms with Gasteiger partial charge in [-0.25, -0.2) is 9.37 Å². The summed E-state index contributed by atoms with van der Waals surface area (Å²) >= 11 is 0. The van der Waals surface area contributed by atoms with Gasteiger partial charge in [0, 0.05) is 18.1 Å². The van der Waals surface area contributed by atoms with Crippen molar-refractivity contribution >= 4 is 11.6 Å². The van der Waals surface area contributed by atoms with Crippen molar-refractivity contribution in [3.63, 3.8) is 0 Å². The van der Waals surface area contributed by atoms with Crippen LogP contribution in [0.15, 0.2) is 49.1 Å². The fourth-order valence-electron chi connectivity index (χ4n) is 1.84. The van der Waals surface area contributed by atoms with Gasteiger partial charge in [0.05, 0.1) is 0 Å². The number of benzene rings is 1. The van der Waals surface area contributed by atoms with Crippen LogP contribution in [0, 0.1) is 12.7 Å². The maximum absolute atomic E-state index is 13.5. The molecular formula is C15H12FN5O. The maximum Gasteiger partial charge on any atom is 0.276 e. The van der Waals surface area contributed by atoms with E-state index in [-0.39, 0.29) is 11.5 Å². The van der Waals surface area contributed by atoms with E-state index in [4.69, 9.17) is 0 Å². The third-order valence-corrected chi connectivity index (χ3v) is 3.08. The fourth-order valence-corrected chi connectivity index (χ4v) is 1.84. The minimum Gasteiger partial charge on any atom is -0.320 e. The smallest absolute Gasteiger partial charge is 0.276 e. The number of anilines is 1. The zero-order valence-corrected chi connectivity index (χ0v) is 11.7. The number of nitrogens with one attached hydrogen (secondary N) is 1. The first-order valence-electron chi connectivity index (χ1n) is 6.53. The molecule has 0 saturated heterocycles. The Hall–Kier alpha value is -3.09. The number of aryl methyl sites for hydroxylation is 1. The molecule has 1 aromatic carbocycles. The van der Waals surface area contributed by atoms with Crippen molar-refractivity contribution in [1.82, 2.24) is 19.7 Å². The van der Waals surface area contributed by atoms with Gasteiger partial charge < -0.3 is 5.32 Å². The molecule has 0 saturated carbocycles. The first kappa shape index (κ1) is 13.9. The van der Waals surface area contributed by atoms with Gasteiger partial charge in [-0.05, 0) is 36.8 Å². The Kier molecular flexibility index (Phi) is 3.61. The van der Waals surface area contributed by atoms with E-state index in [0.717, 1.165) is 0 Å². The molecule has 0 aliphatic rings. The number of carbonyl (C=O) groups excluding carboxylic acids is 1. The molecule has 3 aromatic rings. The number of carbonyl (C=O) groups is 1. The molecule has 3 rings (SSSR count). The Morgan fingerprint density at radius 3 is 2.73 bits per heavy atom. The zero-order valence-electron chi connectivity index (χ0n) is 11.7. The molecule has 7 heteroatoms. The lowest BCUT2D eigenvalue weighted by molar-refractivity contribution is 0.102. The molecular weight excluding hydrogens is 285 g/mol. The Morgan fingerprint density at radius 1 is 1.23 bits per heavy atom. The average molecular weight is 297 g/mol. The molecule has 0 aliphatic heterocycles. The molecule has 0 unspecified atom stereocenters. The van der Waals surface area contributed by atoms with Crippen LogP contribution in [-0.4, -0.2) is 25.7 Å². The van der Waals surface area contributed by atoms with Crippen LogP contribution in [-0.2, 0) is 0 Å². The number of aromatic nitrogens is 4. The van der Waals surface area contributed by atoms with E-state index < -0.39 is 5.91 Å². The minimum atomic E-state index is -0.451. The van der Waals surface area contributed by atoms with E-state index in [9.17, 15) is 9.18 Å². The first-order valence-corrected chi connectivity index (χ1v) is 6.53. The van der Waals surface area contributed by atoms with Crippen LogP contribution in [0.25, 0.3) is 5.82 Å². The minimum absolute atomic E-state index is 0.143. The summed E-state index contributed by atoms with van der Waals surface area (Å²) in [7, 11) is 0. The van der Waals surface area contributed by atoms with Crippen molar-refractivity contribution in [3.8, 4) is 5.82 Å². The molecule has 0 fully saturated rings. The summed E-state index contributed by atoms with van der Waals surface area (Å²) < 4.78 is 15.1. The lowest BCUT2D eigenvalue weighted by Crippen LogP contribution is -2.15. The Balaban J connectivity index is 1.76. The lowest BCUT2D eigenvalue weighted by Gasteiger charge is -2.06. The van der Waals surface area contributed by atoms with Crippen molar-refractivity contribution in [1.29, 1.82) is 0 Å². The van der Waals surface area contributed by atoms with Gasteiger partial charge >= 0.3 is 0 Å². The number of nitrogens with zero attached hydrogens (tertiary/aromatic N) is 4. The highest BCUT2D eigenvalue weighted by atomic mass is 19.1. The van der Waals surface area contributed by atoms with Crippen molar-refractivity contribution in [2.75, 3.05) is 5.32 Å². The molecule has 1 amide bonds. The van der Waals surface area contributed by atoms with Gasteiger partial charge in [0.15, 0.2) is 11.5 Å². The van der Waals surface area contributed by atoms with E-state index in [1.807, 2.05) is 0 Å². The molecule has 0 spiro atoms. The van der Waals surface area contributed by atoms with Gasteiger partial charge in [-0.3, -0.25) is 9.36 Å². The third kappa shape index (κ3) is 2.83. The summed E-state index contributed by atoms with van der Waals surface area (Å²) in [6.45, 7) is 1.65. The van der Waals surface area contributed by atoms with Crippen LogP contribution >= 0.6 is 0 Å². The summed E-state index contributed by atoms with van der Waals surface area (Å²) in [6, 6.07) is 7.68. The number of hydrogen-bond donors (Lipinski definition) is 1. The van der Waals surface area contributed by atoms with Crippen molar-refractivity contribution in [2.45, 2.75) is 6.92 Å². The number of halogens is 1. The average Bonchev–Trinajstić information content (AvgIpc) is 3.05. The summed E-state index contributed by atoms with van der Waals surface area (Å²) in [6.07, 6.45) is 4.92. The molecule has 2 aromatic heterocycles. The van der Waals surface area contributed by atoms with Crippen LogP contribution in [0.4, 0.5) is 10.1 Å². The molecule has 110 valence electrons. The van der Waals surface area contributed by atoms with Crippen molar-refractivity contribution in [3.05, 3.63) is 66.1 Å². The van der Waals surface area contributed by atoms with Crippen molar-refractivity contribution in [2.24, 2.45) is 0 Å². The summed E-state index contributed by atoms with van der Waals surface area (Å²) in [5.41, 5.74) is 1.03. The van der Waals surface area contributed by atoms with E-state index in [0.29, 0.717) is 17.1 Å². The maximum atomic E-state index is 13.5. The molecule has 1 N–H and O–H groups in total.